The number of anilines is 1. The molecule has 0 radical (unpaired) electrons. The van der Waals surface area contributed by atoms with Crippen molar-refractivity contribution in [2.24, 2.45) is 0 Å². The number of nitrogens with zero attached hydrogens (tertiary/aromatic N) is 3. The van der Waals surface area contributed by atoms with Crippen LogP contribution in [0.15, 0.2) is 24.3 Å². The van der Waals surface area contributed by atoms with Gasteiger partial charge in [-0.25, -0.2) is 4.68 Å². The van der Waals surface area contributed by atoms with Gasteiger partial charge in [0.15, 0.2) is 5.82 Å². The third kappa shape index (κ3) is 1.32. The first kappa shape index (κ1) is 9.21. The topological polar surface area (TPSA) is 77.0 Å². The number of hydrogen-bond acceptors (Lipinski definition) is 4. The minimum atomic E-state index is 0.189. The van der Waals surface area contributed by atoms with Crippen molar-refractivity contribution >= 4 is 5.82 Å². The monoisotopic (exact) mass is 216 g/mol. The second-order valence-corrected chi connectivity index (χ2v) is 4.03. The molecule has 1 fully saturated rings. The van der Waals surface area contributed by atoms with Crippen molar-refractivity contribution in [2.45, 2.75) is 18.8 Å². The number of phenols is 1. The van der Waals surface area contributed by atoms with E-state index in [1.54, 1.807) is 22.9 Å². The van der Waals surface area contributed by atoms with Crippen LogP contribution in [0.4, 0.5) is 5.82 Å². The van der Waals surface area contributed by atoms with Crippen LogP contribution in [0.2, 0.25) is 0 Å². The number of aromatic nitrogens is 3. The van der Waals surface area contributed by atoms with E-state index in [1.807, 2.05) is 6.07 Å². The lowest BCUT2D eigenvalue weighted by Crippen LogP contribution is -2.02. The van der Waals surface area contributed by atoms with Crippen molar-refractivity contribution in [1.29, 1.82) is 0 Å². The number of rotatable bonds is 2. The zero-order valence-corrected chi connectivity index (χ0v) is 8.67. The molecule has 1 aromatic heterocycles. The van der Waals surface area contributed by atoms with E-state index >= 15 is 0 Å². The summed E-state index contributed by atoms with van der Waals surface area (Å²) in [5, 5.41) is 17.6. The number of phenolic OH excluding ortho intramolecular Hbond substituents is 1. The summed E-state index contributed by atoms with van der Waals surface area (Å²) in [5.41, 5.74) is 7.34. The molecule has 0 atom stereocenters. The van der Waals surface area contributed by atoms with Crippen LogP contribution in [0.3, 0.4) is 0 Å². The molecule has 5 heteroatoms. The molecule has 1 aliphatic rings. The van der Waals surface area contributed by atoms with E-state index in [0.29, 0.717) is 17.4 Å². The lowest BCUT2D eigenvalue weighted by Gasteiger charge is -2.07. The standard InChI is InChI=1S/C11H12N4O/c12-11-10(7-5-6-7)15(14-13-11)8-3-1-2-4-9(8)16/h1-4,7,16H,5-6,12H2. The average molecular weight is 216 g/mol. The summed E-state index contributed by atoms with van der Waals surface area (Å²) in [6.07, 6.45) is 2.23. The summed E-state index contributed by atoms with van der Waals surface area (Å²) in [7, 11) is 0. The maximum Gasteiger partial charge on any atom is 0.169 e. The van der Waals surface area contributed by atoms with Crippen LogP contribution in [0.25, 0.3) is 5.69 Å². The van der Waals surface area contributed by atoms with Crippen LogP contribution in [0.5, 0.6) is 5.75 Å². The van der Waals surface area contributed by atoms with Gasteiger partial charge in [-0.2, -0.15) is 0 Å². The Balaban J connectivity index is 2.16. The summed E-state index contributed by atoms with van der Waals surface area (Å²) in [6, 6.07) is 7.05. The number of nitrogens with two attached hydrogens (primary N) is 1. The normalized spacial score (nSPS) is 15.2. The van der Waals surface area contributed by atoms with E-state index in [4.69, 9.17) is 5.73 Å². The fourth-order valence-electron chi connectivity index (χ4n) is 1.86. The molecule has 5 nitrogen and oxygen atoms in total. The molecule has 2 aromatic rings. The first-order chi connectivity index (χ1) is 7.77. The zero-order valence-electron chi connectivity index (χ0n) is 8.67. The summed E-state index contributed by atoms with van der Waals surface area (Å²) in [4.78, 5) is 0. The van der Waals surface area contributed by atoms with Crippen molar-refractivity contribution in [1.82, 2.24) is 15.0 Å². The molecule has 0 bridgehead atoms. The lowest BCUT2D eigenvalue weighted by atomic mass is 10.2. The molecule has 1 aliphatic carbocycles. The predicted octanol–water partition coefficient (Wildman–Crippen LogP) is 1.43. The van der Waals surface area contributed by atoms with Gasteiger partial charge in [-0.3, -0.25) is 0 Å². The van der Waals surface area contributed by atoms with E-state index in [0.717, 1.165) is 18.5 Å². The van der Waals surface area contributed by atoms with E-state index in [2.05, 4.69) is 10.3 Å². The van der Waals surface area contributed by atoms with Gasteiger partial charge in [0, 0.05) is 5.92 Å². The molecular formula is C11H12N4O. The van der Waals surface area contributed by atoms with Gasteiger partial charge < -0.3 is 10.8 Å². The molecule has 1 saturated carbocycles. The summed E-state index contributed by atoms with van der Waals surface area (Å²) in [5.74, 6) is 1.09. The highest BCUT2D eigenvalue weighted by atomic mass is 16.3. The molecule has 0 saturated heterocycles. The summed E-state index contributed by atoms with van der Waals surface area (Å²) in [6.45, 7) is 0. The number of hydrogen-bond donors (Lipinski definition) is 2. The number of benzene rings is 1. The van der Waals surface area contributed by atoms with Crippen LogP contribution in [-0.4, -0.2) is 20.1 Å². The molecule has 0 unspecified atom stereocenters. The van der Waals surface area contributed by atoms with Gasteiger partial charge in [-0.05, 0) is 25.0 Å². The Morgan fingerprint density at radius 3 is 2.75 bits per heavy atom. The lowest BCUT2D eigenvalue weighted by molar-refractivity contribution is 0.469. The Bertz CT molecular complexity index is 531. The van der Waals surface area contributed by atoms with Crippen LogP contribution in [0.1, 0.15) is 24.5 Å². The summed E-state index contributed by atoms with van der Waals surface area (Å²) >= 11 is 0. The summed E-state index contributed by atoms with van der Waals surface area (Å²) < 4.78 is 1.64. The minimum absolute atomic E-state index is 0.189. The molecule has 0 amide bonds. The fourth-order valence-corrected chi connectivity index (χ4v) is 1.86. The maximum absolute atomic E-state index is 9.77. The van der Waals surface area contributed by atoms with Gasteiger partial charge in [0.1, 0.15) is 11.4 Å². The second kappa shape index (κ2) is 3.23. The van der Waals surface area contributed by atoms with Crippen LogP contribution >= 0.6 is 0 Å². The molecule has 3 N–H and O–H groups in total. The van der Waals surface area contributed by atoms with Crippen LogP contribution in [0, 0.1) is 0 Å². The highest BCUT2D eigenvalue weighted by molar-refractivity contribution is 5.50. The zero-order chi connectivity index (χ0) is 11.1. The number of aromatic hydroxyl groups is 1. The third-order valence-corrected chi connectivity index (χ3v) is 2.81. The van der Waals surface area contributed by atoms with Gasteiger partial charge in [0.05, 0.1) is 5.69 Å². The Hall–Kier alpha value is -2.04. The van der Waals surface area contributed by atoms with Gasteiger partial charge >= 0.3 is 0 Å². The first-order valence-electron chi connectivity index (χ1n) is 5.27. The average Bonchev–Trinajstić information content (AvgIpc) is 3.04. The smallest absolute Gasteiger partial charge is 0.169 e. The van der Waals surface area contributed by atoms with Gasteiger partial charge in [0.2, 0.25) is 0 Å². The number of nitrogen functional groups attached to an aromatic ring is 1. The van der Waals surface area contributed by atoms with Crippen molar-refractivity contribution in [3.63, 3.8) is 0 Å². The van der Waals surface area contributed by atoms with Crippen molar-refractivity contribution in [3.05, 3.63) is 30.0 Å². The van der Waals surface area contributed by atoms with Gasteiger partial charge in [-0.1, -0.05) is 17.3 Å². The predicted molar refractivity (Wildman–Crippen MR) is 59.4 cm³/mol. The Morgan fingerprint density at radius 2 is 2.06 bits per heavy atom. The number of para-hydroxylation sites is 2. The molecule has 82 valence electrons. The van der Waals surface area contributed by atoms with Gasteiger partial charge in [0.25, 0.3) is 0 Å². The Kier molecular flexibility index (Phi) is 1.86. The molecule has 1 aromatic carbocycles. The first-order valence-corrected chi connectivity index (χ1v) is 5.27. The Morgan fingerprint density at radius 1 is 1.31 bits per heavy atom. The third-order valence-electron chi connectivity index (χ3n) is 2.81. The highest BCUT2D eigenvalue weighted by Gasteiger charge is 2.31. The van der Waals surface area contributed by atoms with Crippen LogP contribution in [-0.2, 0) is 0 Å². The quantitative estimate of drug-likeness (QED) is 0.796. The Labute approximate surface area is 92.5 Å². The molecule has 3 rings (SSSR count). The second-order valence-electron chi connectivity index (χ2n) is 4.03. The van der Waals surface area contributed by atoms with E-state index < -0.39 is 0 Å². The van der Waals surface area contributed by atoms with E-state index in [9.17, 15) is 5.11 Å². The molecule has 0 spiro atoms. The van der Waals surface area contributed by atoms with Crippen molar-refractivity contribution < 1.29 is 5.11 Å². The largest absolute Gasteiger partial charge is 0.506 e. The minimum Gasteiger partial charge on any atom is -0.506 e. The van der Waals surface area contributed by atoms with E-state index in [1.165, 1.54) is 0 Å². The van der Waals surface area contributed by atoms with Crippen LogP contribution < -0.4 is 5.73 Å². The fraction of sp³-hybridized carbons (Fsp3) is 0.273. The maximum atomic E-state index is 9.77. The molecule has 1 heterocycles. The van der Waals surface area contributed by atoms with Gasteiger partial charge in [-0.15, -0.1) is 5.10 Å². The van der Waals surface area contributed by atoms with Crippen molar-refractivity contribution in [2.75, 3.05) is 5.73 Å². The molecule has 0 aliphatic heterocycles. The highest BCUT2D eigenvalue weighted by Crippen LogP contribution is 2.43. The molecular weight excluding hydrogens is 204 g/mol. The SMILES string of the molecule is Nc1nnn(-c2ccccc2O)c1C1CC1. The van der Waals surface area contributed by atoms with Crippen molar-refractivity contribution in [3.8, 4) is 11.4 Å². The molecule has 16 heavy (non-hydrogen) atoms. The van der Waals surface area contributed by atoms with E-state index in [-0.39, 0.29) is 5.75 Å².